The van der Waals surface area contributed by atoms with Gasteiger partial charge in [-0.05, 0) is 5.41 Å². The molecule has 21 heavy (non-hydrogen) atoms. The van der Waals surface area contributed by atoms with Crippen LogP contribution in [0.5, 0.6) is 0 Å². The number of carbonyl (C=O) groups excluding carboxylic acids is 2. The van der Waals surface area contributed by atoms with Crippen LogP contribution in [0.25, 0.3) is 0 Å². The van der Waals surface area contributed by atoms with Gasteiger partial charge in [0.15, 0.2) is 0 Å². The van der Waals surface area contributed by atoms with Gasteiger partial charge in [0.05, 0.1) is 38.1 Å². The second-order valence-corrected chi connectivity index (χ2v) is 6.17. The van der Waals surface area contributed by atoms with Gasteiger partial charge in [0.2, 0.25) is 5.91 Å². The lowest BCUT2D eigenvalue weighted by Gasteiger charge is -2.33. The smallest absolute Gasteiger partial charge is 0.308 e. The Balaban J connectivity index is 1.97. The third-order valence-electron chi connectivity index (χ3n) is 4.43. The minimum Gasteiger partial charge on any atom is -0.481 e. The van der Waals surface area contributed by atoms with Crippen LogP contribution in [0.3, 0.4) is 0 Å². The van der Waals surface area contributed by atoms with Crippen LogP contribution in [-0.2, 0) is 23.9 Å². The molecule has 2 rings (SSSR count). The summed E-state index contributed by atoms with van der Waals surface area (Å²) in [6, 6.07) is 0. The van der Waals surface area contributed by atoms with Gasteiger partial charge in [-0.1, -0.05) is 13.8 Å². The van der Waals surface area contributed by atoms with E-state index in [9.17, 15) is 14.4 Å². The van der Waals surface area contributed by atoms with E-state index in [4.69, 9.17) is 9.84 Å². The average molecular weight is 299 g/mol. The Labute approximate surface area is 123 Å². The van der Waals surface area contributed by atoms with Crippen molar-refractivity contribution in [2.75, 3.05) is 26.8 Å². The van der Waals surface area contributed by atoms with Crippen molar-refractivity contribution in [3.05, 3.63) is 0 Å². The normalized spacial score (nSPS) is 30.6. The molecule has 2 aliphatic rings. The molecule has 2 fully saturated rings. The molecule has 7 heteroatoms. The fourth-order valence-corrected chi connectivity index (χ4v) is 3.07. The zero-order chi connectivity index (χ0) is 15.8. The number of carbonyl (C=O) groups is 3. The van der Waals surface area contributed by atoms with Crippen molar-refractivity contribution in [2.45, 2.75) is 26.4 Å². The van der Waals surface area contributed by atoms with Crippen LogP contribution in [0.4, 0.5) is 0 Å². The van der Waals surface area contributed by atoms with E-state index in [0.717, 1.165) is 0 Å². The van der Waals surface area contributed by atoms with Crippen molar-refractivity contribution >= 4 is 17.8 Å². The van der Waals surface area contributed by atoms with Crippen molar-refractivity contribution in [1.29, 1.82) is 0 Å². The number of nitrogens with zero attached hydrogens (tertiary/aromatic N) is 1. The standard InChI is InChI=1S/C14H21NO6/c1-14(2)10(11(14)13(18)19)12(17)15-4-5-21-8(7-15)6-9(16)20-3/h8,10-11H,4-7H2,1-3H3,(H,18,19). The number of ether oxygens (including phenoxy) is 2. The number of carboxylic acid groups (broad SMARTS) is 1. The number of amides is 1. The summed E-state index contributed by atoms with van der Waals surface area (Å²) in [5.74, 6) is -2.61. The Morgan fingerprint density at radius 2 is 2.00 bits per heavy atom. The molecule has 0 radical (unpaired) electrons. The molecule has 0 spiro atoms. The van der Waals surface area contributed by atoms with Gasteiger partial charge in [0.25, 0.3) is 0 Å². The predicted octanol–water partition coefficient (Wildman–Crippen LogP) is 0.134. The highest BCUT2D eigenvalue weighted by molar-refractivity contribution is 5.91. The van der Waals surface area contributed by atoms with E-state index in [1.54, 1.807) is 18.7 Å². The van der Waals surface area contributed by atoms with Crippen molar-refractivity contribution < 1.29 is 29.0 Å². The molecular weight excluding hydrogens is 278 g/mol. The number of rotatable bonds is 4. The maximum Gasteiger partial charge on any atom is 0.308 e. The maximum atomic E-state index is 12.5. The molecule has 1 N–H and O–H groups in total. The number of hydrogen-bond donors (Lipinski definition) is 1. The fraction of sp³-hybridized carbons (Fsp3) is 0.786. The molecule has 1 heterocycles. The molecule has 3 atom stereocenters. The molecule has 0 bridgehead atoms. The molecule has 1 saturated carbocycles. The van der Waals surface area contributed by atoms with Crippen LogP contribution in [0.1, 0.15) is 20.3 Å². The van der Waals surface area contributed by atoms with Crippen molar-refractivity contribution in [2.24, 2.45) is 17.3 Å². The Morgan fingerprint density at radius 3 is 2.52 bits per heavy atom. The lowest BCUT2D eigenvalue weighted by atomic mass is 10.1. The summed E-state index contributed by atoms with van der Waals surface area (Å²) in [5.41, 5.74) is -0.515. The van der Waals surface area contributed by atoms with Crippen molar-refractivity contribution in [3.8, 4) is 0 Å². The van der Waals surface area contributed by atoms with E-state index in [1.165, 1.54) is 7.11 Å². The van der Waals surface area contributed by atoms with E-state index in [-0.39, 0.29) is 24.4 Å². The van der Waals surface area contributed by atoms with Gasteiger partial charge in [0.1, 0.15) is 0 Å². The summed E-state index contributed by atoms with van der Waals surface area (Å²) >= 11 is 0. The fourth-order valence-electron chi connectivity index (χ4n) is 3.07. The first-order valence-corrected chi connectivity index (χ1v) is 6.99. The summed E-state index contributed by atoms with van der Waals surface area (Å²) in [6.45, 7) is 4.65. The lowest BCUT2D eigenvalue weighted by Crippen LogP contribution is -2.47. The second-order valence-electron chi connectivity index (χ2n) is 6.17. The summed E-state index contributed by atoms with van der Waals surface area (Å²) < 4.78 is 10.0. The maximum absolute atomic E-state index is 12.5. The van der Waals surface area contributed by atoms with Gasteiger partial charge < -0.3 is 19.5 Å². The van der Waals surface area contributed by atoms with Crippen molar-refractivity contribution in [1.82, 2.24) is 4.90 Å². The van der Waals surface area contributed by atoms with E-state index >= 15 is 0 Å². The van der Waals surface area contributed by atoms with Crippen LogP contribution in [0, 0.1) is 17.3 Å². The third-order valence-corrected chi connectivity index (χ3v) is 4.43. The Kier molecular flexibility index (Phi) is 4.22. The summed E-state index contributed by atoms with van der Waals surface area (Å²) in [7, 11) is 1.30. The molecule has 1 aliphatic heterocycles. The second kappa shape index (κ2) is 5.63. The first-order valence-electron chi connectivity index (χ1n) is 6.99. The van der Waals surface area contributed by atoms with E-state index in [0.29, 0.717) is 19.7 Å². The molecule has 1 aliphatic carbocycles. The number of aliphatic carboxylic acids is 1. The van der Waals surface area contributed by atoms with Crippen LogP contribution in [-0.4, -0.2) is 60.8 Å². The quantitative estimate of drug-likeness (QED) is 0.742. The molecule has 118 valence electrons. The first kappa shape index (κ1) is 15.8. The number of esters is 1. The van der Waals surface area contributed by atoms with Crippen LogP contribution >= 0.6 is 0 Å². The minimum atomic E-state index is -0.933. The minimum absolute atomic E-state index is 0.0939. The SMILES string of the molecule is COC(=O)CC1CN(C(=O)C2C(C(=O)O)C2(C)C)CCO1. The highest BCUT2D eigenvalue weighted by Gasteiger charge is 2.66. The molecule has 0 aromatic heterocycles. The Morgan fingerprint density at radius 1 is 1.33 bits per heavy atom. The summed E-state index contributed by atoms with van der Waals surface area (Å²) in [5, 5.41) is 9.15. The van der Waals surface area contributed by atoms with Crippen LogP contribution < -0.4 is 0 Å². The third kappa shape index (κ3) is 3.02. The van der Waals surface area contributed by atoms with E-state index in [2.05, 4.69) is 4.74 Å². The molecule has 7 nitrogen and oxygen atoms in total. The van der Waals surface area contributed by atoms with Crippen molar-refractivity contribution in [3.63, 3.8) is 0 Å². The molecule has 1 saturated heterocycles. The molecular formula is C14H21NO6. The van der Waals surface area contributed by atoms with Crippen LogP contribution in [0.15, 0.2) is 0 Å². The molecule has 3 unspecified atom stereocenters. The highest BCUT2D eigenvalue weighted by atomic mass is 16.5. The number of morpholine rings is 1. The van der Waals surface area contributed by atoms with Gasteiger partial charge in [-0.15, -0.1) is 0 Å². The van der Waals surface area contributed by atoms with Gasteiger partial charge in [0, 0.05) is 13.1 Å². The molecule has 0 aromatic rings. The van der Waals surface area contributed by atoms with Gasteiger partial charge in [-0.3, -0.25) is 14.4 Å². The van der Waals surface area contributed by atoms with Crippen LogP contribution in [0.2, 0.25) is 0 Å². The summed E-state index contributed by atoms with van der Waals surface area (Å²) in [4.78, 5) is 36.5. The summed E-state index contributed by atoms with van der Waals surface area (Å²) in [6.07, 6.45) is -0.295. The Hall–Kier alpha value is -1.63. The highest BCUT2D eigenvalue weighted by Crippen LogP contribution is 2.59. The number of carboxylic acids is 1. The number of hydrogen-bond acceptors (Lipinski definition) is 5. The molecule has 0 aromatic carbocycles. The lowest BCUT2D eigenvalue weighted by molar-refractivity contribution is -0.151. The molecule has 1 amide bonds. The van der Waals surface area contributed by atoms with Gasteiger partial charge in [-0.25, -0.2) is 0 Å². The van der Waals surface area contributed by atoms with Gasteiger partial charge in [-0.2, -0.15) is 0 Å². The largest absolute Gasteiger partial charge is 0.481 e. The zero-order valence-corrected chi connectivity index (χ0v) is 12.5. The average Bonchev–Trinajstić information content (AvgIpc) is 3.01. The van der Waals surface area contributed by atoms with E-state index in [1.807, 2.05) is 0 Å². The number of methoxy groups -OCH3 is 1. The zero-order valence-electron chi connectivity index (χ0n) is 12.5. The predicted molar refractivity (Wildman–Crippen MR) is 71.3 cm³/mol. The monoisotopic (exact) mass is 299 g/mol. The van der Waals surface area contributed by atoms with E-state index < -0.39 is 23.2 Å². The van der Waals surface area contributed by atoms with Gasteiger partial charge >= 0.3 is 11.9 Å². The topological polar surface area (TPSA) is 93.1 Å². The Bertz CT molecular complexity index is 460. The first-order chi connectivity index (χ1) is 9.78.